The molecule has 1 rings (SSSR count). The van der Waals surface area contributed by atoms with Crippen molar-refractivity contribution in [1.82, 2.24) is 0 Å². The van der Waals surface area contributed by atoms with Gasteiger partial charge in [0.25, 0.3) is 0 Å². The first-order chi connectivity index (χ1) is 8.15. The van der Waals surface area contributed by atoms with E-state index in [1.54, 1.807) is 30.3 Å². The average Bonchev–Trinajstić information content (AvgIpc) is 2.37. The van der Waals surface area contributed by atoms with Crippen molar-refractivity contribution in [2.75, 3.05) is 0 Å². The second-order valence-corrected chi connectivity index (χ2v) is 3.63. The van der Waals surface area contributed by atoms with Crippen LogP contribution in [0.25, 0.3) is 0 Å². The molecule has 0 radical (unpaired) electrons. The number of benzene rings is 1. The zero-order valence-electron chi connectivity index (χ0n) is 10.4. The van der Waals surface area contributed by atoms with E-state index in [2.05, 4.69) is 18.7 Å². The van der Waals surface area contributed by atoms with Crippen LogP contribution in [0.1, 0.15) is 43.5 Å². The van der Waals surface area contributed by atoms with Crippen LogP contribution in [0.15, 0.2) is 30.3 Å². The van der Waals surface area contributed by atoms with Gasteiger partial charge in [0, 0.05) is 0 Å². The lowest BCUT2D eigenvalue weighted by atomic mass is 10.2. The Kier molecular flexibility index (Phi) is 9.01. The van der Waals surface area contributed by atoms with Gasteiger partial charge in [-0.25, -0.2) is 10.7 Å². The van der Waals surface area contributed by atoms with Crippen LogP contribution in [0.4, 0.5) is 0 Å². The van der Waals surface area contributed by atoms with Gasteiger partial charge in [-0.3, -0.25) is 0 Å². The standard InChI is InChI=1S/C7H6O2.C6H15NO/c8-7(9)6-4-2-1-3-5-6;1-3-5-6(4-2)8-7/h1-5H,(H,8,9);6H,3-5,7H2,1-2H3. The summed E-state index contributed by atoms with van der Waals surface area (Å²) in [5.74, 6) is 4.09. The molecule has 0 aliphatic rings. The SMILES string of the molecule is CCCC(CC)ON.O=C(O)c1ccccc1. The van der Waals surface area contributed by atoms with Gasteiger partial charge in [-0.2, -0.15) is 0 Å². The lowest BCUT2D eigenvalue weighted by Crippen LogP contribution is -2.15. The Labute approximate surface area is 102 Å². The van der Waals surface area contributed by atoms with Crippen LogP contribution in [-0.2, 0) is 4.84 Å². The second-order valence-electron chi connectivity index (χ2n) is 3.63. The minimum atomic E-state index is -0.879. The van der Waals surface area contributed by atoms with Crippen LogP contribution in [0.5, 0.6) is 0 Å². The molecule has 4 heteroatoms. The van der Waals surface area contributed by atoms with Gasteiger partial charge in [0.15, 0.2) is 0 Å². The molecule has 0 aliphatic carbocycles. The minimum Gasteiger partial charge on any atom is -0.478 e. The molecule has 0 aliphatic heterocycles. The summed E-state index contributed by atoms with van der Waals surface area (Å²) < 4.78 is 0. The Morgan fingerprint density at radius 2 is 1.94 bits per heavy atom. The summed E-state index contributed by atoms with van der Waals surface area (Å²) in [5, 5.41) is 8.38. The minimum absolute atomic E-state index is 0.278. The Morgan fingerprint density at radius 1 is 1.35 bits per heavy atom. The van der Waals surface area contributed by atoms with E-state index in [-0.39, 0.29) is 6.10 Å². The van der Waals surface area contributed by atoms with Crippen LogP contribution < -0.4 is 5.90 Å². The summed E-state index contributed by atoms with van der Waals surface area (Å²) in [4.78, 5) is 14.8. The fourth-order valence-corrected chi connectivity index (χ4v) is 1.27. The van der Waals surface area contributed by atoms with E-state index < -0.39 is 5.97 Å². The maximum Gasteiger partial charge on any atom is 0.335 e. The Bertz CT molecular complexity index is 297. The maximum absolute atomic E-state index is 10.2. The highest BCUT2D eigenvalue weighted by Gasteiger charge is 2.00. The van der Waals surface area contributed by atoms with Crippen LogP contribution >= 0.6 is 0 Å². The van der Waals surface area contributed by atoms with Gasteiger partial charge < -0.3 is 9.94 Å². The highest BCUT2D eigenvalue weighted by molar-refractivity contribution is 5.87. The quantitative estimate of drug-likeness (QED) is 0.775. The van der Waals surface area contributed by atoms with Gasteiger partial charge in [-0.05, 0) is 25.0 Å². The van der Waals surface area contributed by atoms with Crippen molar-refractivity contribution in [1.29, 1.82) is 0 Å². The third kappa shape index (κ3) is 7.49. The number of carboxylic acids is 1. The highest BCUT2D eigenvalue weighted by Crippen LogP contribution is 2.02. The van der Waals surface area contributed by atoms with E-state index in [1.807, 2.05) is 0 Å². The molecular formula is C13H21NO3. The molecule has 0 spiro atoms. The molecule has 17 heavy (non-hydrogen) atoms. The van der Waals surface area contributed by atoms with E-state index in [0.717, 1.165) is 19.3 Å². The van der Waals surface area contributed by atoms with Gasteiger partial charge in [0.05, 0.1) is 11.7 Å². The van der Waals surface area contributed by atoms with Crippen molar-refractivity contribution >= 4 is 5.97 Å². The predicted octanol–water partition coefficient (Wildman–Crippen LogP) is 2.84. The lowest BCUT2D eigenvalue weighted by Gasteiger charge is -2.08. The summed E-state index contributed by atoms with van der Waals surface area (Å²) in [7, 11) is 0. The van der Waals surface area contributed by atoms with Crippen molar-refractivity contribution in [3.63, 3.8) is 0 Å². The first-order valence-corrected chi connectivity index (χ1v) is 5.79. The third-order valence-electron chi connectivity index (χ3n) is 2.28. The summed E-state index contributed by atoms with van der Waals surface area (Å²) in [6, 6.07) is 8.30. The normalized spacial score (nSPS) is 11.2. The van der Waals surface area contributed by atoms with Gasteiger partial charge in [0.1, 0.15) is 0 Å². The number of rotatable bonds is 5. The Hall–Kier alpha value is -1.39. The highest BCUT2D eigenvalue weighted by atomic mass is 16.6. The van der Waals surface area contributed by atoms with Crippen LogP contribution in [0, 0.1) is 0 Å². The summed E-state index contributed by atoms with van der Waals surface area (Å²) >= 11 is 0. The predicted molar refractivity (Wildman–Crippen MR) is 67.7 cm³/mol. The molecule has 0 aromatic heterocycles. The van der Waals surface area contributed by atoms with Crippen LogP contribution in [-0.4, -0.2) is 17.2 Å². The first-order valence-electron chi connectivity index (χ1n) is 5.79. The number of carbonyl (C=O) groups is 1. The molecule has 0 amide bonds. The molecule has 0 saturated carbocycles. The van der Waals surface area contributed by atoms with E-state index in [0.29, 0.717) is 5.56 Å². The third-order valence-corrected chi connectivity index (χ3v) is 2.28. The fourth-order valence-electron chi connectivity index (χ4n) is 1.27. The zero-order valence-corrected chi connectivity index (χ0v) is 10.4. The lowest BCUT2D eigenvalue weighted by molar-refractivity contribution is 0.0444. The Morgan fingerprint density at radius 3 is 2.18 bits per heavy atom. The van der Waals surface area contributed by atoms with E-state index in [1.165, 1.54) is 0 Å². The summed E-state index contributed by atoms with van der Waals surface area (Å²) in [6.07, 6.45) is 3.52. The number of nitrogens with two attached hydrogens (primary N) is 1. The van der Waals surface area contributed by atoms with Gasteiger partial charge in [0.2, 0.25) is 0 Å². The molecule has 0 bridgehead atoms. The maximum atomic E-state index is 10.2. The molecule has 1 aromatic carbocycles. The largest absolute Gasteiger partial charge is 0.478 e. The van der Waals surface area contributed by atoms with Crippen molar-refractivity contribution in [3.8, 4) is 0 Å². The monoisotopic (exact) mass is 239 g/mol. The molecule has 0 fully saturated rings. The number of carboxylic acid groups (broad SMARTS) is 1. The first kappa shape index (κ1) is 15.6. The van der Waals surface area contributed by atoms with Gasteiger partial charge in [-0.15, -0.1) is 0 Å². The molecule has 3 N–H and O–H groups in total. The van der Waals surface area contributed by atoms with E-state index >= 15 is 0 Å². The van der Waals surface area contributed by atoms with E-state index in [9.17, 15) is 4.79 Å². The van der Waals surface area contributed by atoms with Gasteiger partial charge >= 0.3 is 5.97 Å². The van der Waals surface area contributed by atoms with Crippen molar-refractivity contribution in [2.24, 2.45) is 5.90 Å². The smallest absolute Gasteiger partial charge is 0.335 e. The Balaban J connectivity index is 0.000000304. The molecule has 0 saturated heterocycles. The number of hydrogen-bond donors (Lipinski definition) is 2. The zero-order chi connectivity index (χ0) is 13.1. The fraction of sp³-hybridized carbons (Fsp3) is 0.462. The molecule has 1 atom stereocenters. The molecule has 1 aromatic rings. The number of aromatic carboxylic acids is 1. The molecule has 96 valence electrons. The van der Waals surface area contributed by atoms with Gasteiger partial charge in [-0.1, -0.05) is 38.5 Å². The summed E-state index contributed by atoms with van der Waals surface area (Å²) in [6.45, 7) is 4.20. The average molecular weight is 239 g/mol. The van der Waals surface area contributed by atoms with Crippen molar-refractivity contribution in [2.45, 2.75) is 39.2 Å². The second kappa shape index (κ2) is 9.81. The summed E-state index contributed by atoms with van der Waals surface area (Å²) in [5.41, 5.74) is 0.331. The van der Waals surface area contributed by atoms with Crippen molar-refractivity contribution in [3.05, 3.63) is 35.9 Å². The number of hydrogen-bond acceptors (Lipinski definition) is 3. The molecule has 0 heterocycles. The topological polar surface area (TPSA) is 72.5 Å². The van der Waals surface area contributed by atoms with E-state index in [4.69, 9.17) is 11.0 Å². The van der Waals surface area contributed by atoms with Crippen LogP contribution in [0.3, 0.4) is 0 Å². The van der Waals surface area contributed by atoms with Crippen LogP contribution in [0.2, 0.25) is 0 Å². The molecular weight excluding hydrogens is 218 g/mol. The molecule has 1 unspecified atom stereocenters. The molecule has 4 nitrogen and oxygen atoms in total. The van der Waals surface area contributed by atoms with Crippen molar-refractivity contribution < 1.29 is 14.7 Å².